The molecule has 3 nitrogen and oxygen atoms in total. The van der Waals surface area contributed by atoms with E-state index in [1.54, 1.807) is 0 Å². The Morgan fingerprint density at radius 1 is 1.05 bits per heavy atom. The molecule has 0 spiro atoms. The SMILES string of the molecule is C=[N+]1C(O)=c2cc3ccccc3cc2=C1O[Si](C)(C)C. The van der Waals surface area contributed by atoms with E-state index in [0.717, 1.165) is 21.2 Å². The van der Waals surface area contributed by atoms with E-state index in [9.17, 15) is 5.11 Å². The van der Waals surface area contributed by atoms with Crippen LogP contribution < -0.4 is 10.4 Å². The highest BCUT2D eigenvalue weighted by molar-refractivity contribution is 6.70. The summed E-state index contributed by atoms with van der Waals surface area (Å²) in [4.78, 5) is 0. The van der Waals surface area contributed by atoms with Crippen LogP contribution in [0.2, 0.25) is 19.6 Å². The first-order valence-electron chi connectivity index (χ1n) is 6.63. The molecule has 0 unspecified atom stereocenters. The van der Waals surface area contributed by atoms with Gasteiger partial charge in [0, 0.05) is 0 Å². The van der Waals surface area contributed by atoms with Crippen molar-refractivity contribution in [2.45, 2.75) is 19.6 Å². The van der Waals surface area contributed by atoms with Gasteiger partial charge < -0.3 is 9.53 Å². The lowest BCUT2D eigenvalue weighted by Gasteiger charge is -2.16. The summed E-state index contributed by atoms with van der Waals surface area (Å²) in [7, 11) is -1.77. The first-order chi connectivity index (χ1) is 9.37. The highest BCUT2D eigenvalue weighted by Gasteiger charge is 2.32. The minimum Gasteiger partial charge on any atom is -0.499 e. The van der Waals surface area contributed by atoms with Crippen LogP contribution in [0.4, 0.5) is 0 Å². The Morgan fingerprint density at radius 2 is 1.60 bits per heavy atom. The van der Waals surface area contributed by atoms with Gasteiger partial charge in [-0.05, 0) is 42.5 Å². The Labute approximate surface area is 118 Å². The van der Waals surface area contributed by atoms with Crippen LogP contribution in [0.1, 0.15) is 0 Å². The number of aliphatic hydroxyl groups is 1. The van der Waals surface area contributed by atoms with Crippen molar-refractivity contribution < 1.29 is 14.1 Å². The van der Waals surface area contributed by atoms with E-state index in [-0.39, 0.29) is 5.88 Å². The van der Waals surface area contributed by atoms with E-state index in [1.165, 1.54) is 4.58 Å². The molecule has 0 fully saturated rings. The quantitative estimate of drug-likeness (QED) is 0.677. The van der Waals surface area contributed by atoms with Crippen molar-refractivity contribution in [3.8, 4) is 0 Å². The van der Waals surface area contributed by atoms with Gasteiger partial charge in [0.1, 0.15) is 17.2 Å². The summed E-state index contributed by atoms with van der Waals surface area (Å²) in [6.45, 7) is 10.2. The highest BCUT2D eigenvalue weighted by Crippen LogP contribution is 2.17. The van der Waals surface area contributed by atoms with Crippen molar-refractivity contribution >= 4 is 37.6 Å². The second kappa shape index (κ2) is 4.21. The van der Waals surface area contributed by atoms with Crippen LogP contribution >= 0.6 is 0 Å². The van der Waals surface area contributed by atoms with Gasteiger partial charge >= 0.3 is 11.8 Å². The number of hydrogen-bond donors (Lipinski definition) is 1. The van der Waals surface area contributed by atoms with Gasteiger partial charge in [-0.25, -0.2) is 0 Å². The molecule has 3 rings (SSSR count). The first-order valence-corrected chi connectivity index (χ1v) is 10.0. The molecule has 0 aliphatic carbocycles. The predicted molar refractivity (Wildman–Crippen MR) is 84.5 cm³/mol. The monoisotopic (exact) mass is 284 g/mol. The van der Waals surface area contributed by atoms with Crippen LogP contribution in [0.3, 0.4) is 0 Å². The van der Waals surface area contributed by atoms with Crippen LogP contribution in [0.25, 0.3) is 22.5 Å². The number of hydrogen-bond acceptors (Lipinski definition) is 2. The molecular formula is C16H18NO2Si+. The third-order valence-corrected chi connectivity index (χ3v) is 4.07. The molecule has 1 N–H and O–H groups in total. The third kappa shape index (κ3) is 2.02. The second-order valence-electron chi connectivity index (χ2n) is 6.02. The van der Waals surface area contributed by atoms with Crippen molar-refractivity contribution in [2.75, 3.05) is 0 Å². The average Bonchev–Trinajstić information content (AvgIpc) is 2.60. The fourth-order valence-corrected chi connectivity index (χ4v) is 3.19. The van der Waals surface area contributed by atoms with E-state index < -0.39 is 8.32 Å². The Balaban J connectivity index is 2.38. The van der Waals surface area contributed by atoms with Gasteiger partial charge in [0.25, 0.3) is 0 Å². The Hall–Kier alpha value is -2.07. The lowest BCUT2D eigenvalue weighted by atomic mass is 10.1. The zero-order valence-corrected chi connectivity index (χ0v) is 13.0. The molecule has 0 saturated carbocycles. The van der Waals surface area contributed by atoms with Gasteiger partial charge in [-0.2, -0.15) is 0 Å². The molecular weight excluding hydrogens is 266 g/mol. The molecule has 20 heavy (non-hydrogen) atoms. The molecule has 0 atom stereocenters. The largest absolute Gasteiger partial charge is 0.499 e. The summed E-state index contributed by atoms with van der Waals surface area (Å²) in [6.07, 6.45) is 0. The average molecular weight is 284 g/mol. The van der Waals surface area contributed by atoms with Gasteiger partial charge in [-0.15, -0.1) is 4.58 Å². The highest BCUT2D eigenvalue weighted by atomic mass is 28.4. The van der Waals surface area contributed by atoms with E-state index >= 15 is 0 Å². The number of fused-ring (bicyclic) bond motifs is 2. The Morgan fingerprint density at radius 3 is 2.15 bits per heavy atom. The minimum atomic E-state index is -1.77. The molecule has 4 heteroatoms. The Bertz CT molecular complexity index is 847. The van der Waals surface area contributed by atoms with E-state index in [0.29, 0.717) is 5.88 Å². The van der Waals surface area contributed by atoms with E-state index in [2.05, 4.69) is 38.5 Å². The lowest BCUT2D eigenvalue weighted by molar-refractivity contribution is -0.367. The van der Waals surface area contributed by atoms with Gasteiger partial charge in [0.05, 0.1) is 0 Å². The van der Waals surface area contributed by atoms with Crippen molar-refractivity contribution in [2.24, 2.45) is 0 Å². The van der Waals surface area contributed by atoms with Gasteiger partial charge in [-0.1, -0.05) is 24.3 Å². The van der Waals surface area contributed by atoms with Gasteiger partial charge in [0.15, 0.2) is 0 Å². The van der Waals surface area contributed by atoms with E-state index in [4.69, 9.17) is 4.43 Å². The number of rotatable bonds is 2. The molecule has 0 radical (unpaired) electrons. The lowest BCUT2D eigenvalue weighted by Crippen LogP contribution is -2.31. The smallest absolute Gasteiger partial charge is 0.381 e. The summed E-state index contributed by atoms with van der Waals surface area (Å²) in [5.74, 6) is 0.807. The molecule has 102 valence electrons. The summed E-state index contributed by atoms with van der Waals surface area (Å²) < 4.78 is 7.58. The summed E-state index contributed by atoms with van der Waals surface area (Å²) in [5.41, 5.74) is 0. The van der Waals surface area contributed by atoms with Crippen LogP contribution in [0.5, 0.6) is 0 Å². The molecule has 0 bridgehead atoms. The molecule has 1 heterocycles. The zero-order chi connectivity index (χ0) is 14.5. The summed E-state index contributed by atoms with van der Waals surface area (Å²) in [6, 6.07) is 12.1. The van der Waals surface area contributed by atoms with Crippen molar-refractivity contribution in [1.29, 1.82) is 0 Å². The molecule has 1 aliphatic heterocycles. The fraction of sp³-hybridized carbons (Fsp3) is 0.188. The predicted octanol–water partition coefficient (Wildman–Crippen LogP) is 2.11. The molecule has 0 amide bonds. The van der Waals surface area contributed by atoms with Crippen LogP contribution in [0.15, 0.2) is 36.4 Å². The normalized spacial score (nSPS) is 14.8. The van der Waals surface area contributed by atoms with Gasteiger partial charge in [-0.3, -0.25) is 0 Å². The second-order valence-corrected chi connectivity index (χ2v) is 10.4. The number of aliphatic hydroxyl groups excluding tert-OH is 1. The zero-order valence-electron chi connectivity index (χ0n) is 12.0. The maximum Gasteiger partial charge on any atom is 0.381 e. The first kappa shape index (κ1) is 12.9. The molecule has 2 aromatic rings. The fourth-order valence-electron chi connectivity index (χ4n) is 2.39. The summed E-state index contributed by atoms with van der Waals surface area (Å²) >= 11 is 0. The number of nitrogens with zero attached hydrogens (tertiary/aromatic N) is 1. The van der Waals surface area contributed by atoms with E-state index in [1.807, 2.05) is 24.3 Å². The summed E-state index contributed by atoms with van der Waals surface area (Å²) in [5, 5.41) is 14.2. The minimum absolute atomic E-state index is 0.152. The molecule has 2 aromatic carbocycles. The van der Waals surface area contributed by atoms with Crippen molar-refractivity contribution in [3.05, 3.63) is 46.8 Å². The van der Waals surface area contributed by atoms with Crippen LogP contribution in [0, 0.1) is 0 Å². The topological polar surface area (TPSA) is 32.5 Å². The number of benzene rings is 2. The molecule has 1 aliphatic rings. The van der Waals surface area contributed by atoms with Crippen LogP contribution in [-0.4, -0.2) is 24.7 Å². The molecule has 0 saturated heterocycles. The Kier molecular flexibility index (Phi) is 2.72. The standard InChI is InChI=1S/C16H17NO2Si/c1-17-15(18)13-9-11-7-5-6-8-12(11)10-14(13)16(17)19-20(2,3)4/h5-10H,1H2,2-4H3/p+1. The maximum atomic E-state index is 10.3. The molecule has 0 aromatic heterocycles. The van der Waals surface area contributed by atoms with Gasteiger partial charge in [0.2, 0.25) is 8.32 Å². The van der Waals surface area contributed by atoms with Crippen LogP contribution in [-0.2, 0) is 4.43 Å². The van der Waals surface area contributed by atoms with Crippen molar-refractivity contribution in [1.82, 2.24) is 0 Å². The maximum absolute atomic E-state index is 10.3. The third-order valence-electron chi connectivity index (χ3n) is 3.26. The van der Waals surface area contributed by atoms with Crippen molar-refractivity contribution in [3.63, 3.8) is 0 Å².